The fourth-order valence-electron chi connectivity index (χ4n) is 1.73. The molecular weight excluding hydrogens is 252 g/mol. The molecule has 0 atom stereocenters. The van der Waals surface area contributed by atoms with Crippen LogP contribution in [0.25, 0.3) is 0 Å². The first-order valence-corrected chi connectivity index (χ1v) is 6.58. The number of carbonyl (C=O) groups is 1. The van der Waals surface area contributed by atoms with Crippen LogP contribution in [0.2, 0.25) is 0 Å². The van der Waals surface area contributed by atoms with Gasteiger partial charge in [-0.1, -0.05) is 12.1 Å². The number of anilines is 1. The normalized spacial score (nSPS) is 11.3. The molecule has 0 aliphatic carbocycles. The van der Waals surface area contributed by atoms with Crippen LogP contribution in [0.15, 0.2) is 42.7 Å². The van der Waals surface area contributed by atoms with Gasteiger partial charge >= 0.3 is 0 Å². The van der Waals surface area contributed by atoms with Gasteiger partial charge in [0.2, 0.25) is 5.91 Å². The van der Waals surface area contributed by atoms with Gasteiger partial charge < -0.3 is 10.6 Å². The van der Waals surface area contributed by atoms with Crippen molar-refractivity contribution in [2.75, 3.05) is 12.4 Å². The minimum Gasteiger partial charge on any atom is -0.324 e. The predicted octanol–water partition coefficient (Wildman–Crippen LogP) is 1.87. The summed E-state index contributed by atoms with van der Waals surface area (Å²) in [7, 11) is 1.77. The van der Waals surface area contributed by atoms with E-state index in [1.54, 1.807) is 13.2 Å². The van der Waals surface area contributed by atoms with Gasteiger partial charge in [-0.15, -0.1) is 0 Å². The van der Waals surface area contributed by atoms with Crippen LogP contribution in [0, 0.1) is 0 Å². The molecule has 0 fully saturated rings. The third-order valence-corrected chi connectivity index (χ3v) is 3.28. The average Bonchev–Trinajstić information content (AvgIpc) is 2.92. The third kappa shape index (κ3) is 3.45. The molecule has 0 saturated heterocycles. The summed E-state index contributed by atoms with van der Waals surface area (Å²) in [5.74, 6) is -0.0590. The van der Waals surface area contributed by atoms with Crippen molar-refractivity contribution >= 4 is 11.6 Å². The maximum absolute atomic E-state index is 12.1. The topological polar surface area (TPSA) is 59.0 Å². The van der Waals surface area contributed by atoms with Crippen LogP contribution in [-0.4, -0.2) is 28.3 Å². The summed E-state index contributed by atoms with van der Waals surface area (Å²) in [6.07, 6.45) is 3.66. The molecule has 2 rings (SSSR count). The summed E-state index contributed by atoms with van der Waals surface area (Å²) in [5.41, 5.74) is 1.29. The van der Waals surface area contributed by atoms with Crippen LogP contribution in [0.1, 0.15) is 19.4 Å². The molecule has 1 aromatic heterocycles. The van der Waals surface area contributed by atoms with E-state index < -0.39 is 5.54 Å². The van der Waals surface area contributed by atoms with Crippen LogP contribution in [0.5, 0.6) is 0 Å². The minimum absolute atomic E-state index is 0.0590. The molecular formula is C15H20N4O. The Kier molecular flexibility index (Phi) is 4.20. The van der Waals surface area contributed by atoms with Crippen molar-refractivity contribution < 1.29 is 4.79 Å². The highest BCUT2D eigenvalue weighted by molar-refractivity contribution is 5.97. The molecule has 0 spiro atoms. The molecule has 0 unspecified atom stereocenters. The summed E-state index contributed by atoms with van der Waals surface area (Å²) in [5, 5.41) is 10.1. The van der Waals surface area contributed by atoms with Gasteiger partial charge in [0.1, 0.15) is 0 Å². The second-order valence-corrected chi connectivity index (χ2v) is 5.23. The van der Waals surface area contributed by atoms with Crippen molar-refractivity contribution in [1.29, 1.82) is 0 Å². The van der Waals surface area contributed by atoms with Crippen molar-refractivity contribution in [3.8, 4) is 0 Å². The summed E-state index contributed by atoms with van der Waals surface area (Å²) < 4.78 is 1.85. The number of amides is 1. The highest BCUT2D eigenvalue weighted by Gasteiger charge is 2.25. The van der Waals surface area contributed by atoms with Crippen molar-refractivity contribution in [3.63, 3.8) is 0 Å². The highest BCUT2D eigenvalue weighted by atomic mass is 16.2. The van der Waals surface area contributed by atoms with E-state index in [-0.39, 0.29) is 5.91 Å². The van der Waals surface area contributed by atoms with Crippen LogP contribution >= 0.6 is 0 Å². The van der Waals surface area contributed by atoms with Crippen LogP contribution in [-0.2, 0) is 11.3 Å². The molecule has 0 bridgehead atoms. The SMILES string of the molecule is CNC(C)(C)C(=O)Nc1cccc(Cn2cccn2)c1. The van der Waals surface area contributed by atoms with E-state index in [1.807, 2.05) is 55.1 Å². The van der Waals surface area contributed by atoms with Gasteiger partial charge in [-0.3, -0.25) is 9.48 Å². The van der Waals surface area contributed by atoms with Gasteiger partial charge in [0.25, 0.3) is 0 Å². The Labute approximate surface area is 119 Å². The first-order chi connectivity index (χ1) is 9.51. The average molecular weight is 272 g/mol. The molecule has 1 heterocycles. The fraction of sp³-hybridized carbons (Fsp3) is 0.333. The Morgan fingerprint density at radius 3 is 2.80 bits per heavy atom. The van der Waals surface area contributed by atoms with Crippen molar-refractivity contribution in [2.45, 2.75) is 25.9 Å². The highest BCUT2D eigenvalue weighted by Crippen LogP contribution is 2.14. The number of nitrogens with one attached hydrogen (secondary N) is 2. The van der Waals surface area contributed by atoms with E-state index in [9.17, 15) is 4.79 Å². The van der Waals surface area contributed by atoms with E-state index in [1.165, 1.54) is 0 Å². The number of hydrogen-bond acceptors (Lipinski definition) is 3. The maximum Gasteiger partial charge on any atom is 0.244 e. The fourth-order valence-corrected chi connectivity index (χ4v) is 1.73. The molecule has 106 valence electrons. The second kappa shape index (κ2) is 5.88. The van der Waals surface area contributed by atoms with Crippen LogP contribution in [0.4, 0.5) is 5.69 Å². The van der Waals surface area contributed by atoms with Gasteiger partial charge in [-0.2, -0.15) is 5.10 Å². The van der Waals surface area contributed by atoms with E-state index in [0.717, 1.165) is 11.3 Å². The summed E-state index contributed by atoms with van der Waals surface area (Å²) >= 11 is 0. The molecule has 0 saturated carbocycles. The summed E-state index contributed by atoms with van der Waals surface area (Å²) in [6.45, 7) is 4.37. The lowest BCUT2D eigenvalue weighted by molar-refractivity contribution is -0.121. The molecule has 1 aromatic carbocycles. The number of nitrogens with zero attached hydrogens (tertiary/aromatic N) is 2. The molecule has 0 aliphatic rings. The van der Waals surface area contributed by atoms with Gasteiger partial charge in [0, 0.05) is 18.1 Å². The Balaban J connectivity index is 2.08. The van der Waals surface area contributed by atoms with Crippen LogP contribution in [0.3, 0.4) is 0 Å². The largest absolute Gasteiger partial charge is 0.324 e. The quantitative estimate of drug-likeness (QED) is 0.873. The summed E-state index contributed by atoms with van der Waals surface area (Å²) in [4.78, 5) is 12.1. The zero-order chi connectivity index (χ0) is 14.6. The Hall–Kier alpha value is -2.14. The van der Waals surface area contributed by atoms with E-state index >= 15 is 0 Å². The summed E-state index contributed by atoms with van der Waals surface area (Å²) in [6, 6.07) is 9.68. The first kappa shape index (κ1) is 14.3. The number of rotatable bonds is 5. The van der Waals surface area contributed by atoms with Crippen LogP contribution < -0.4 is 10.6 Å². The van der Waals surface area contributed by atoms with E-state index in [4.69, 9.17) is 0 Å². The lowest BCUT2D eigenvalue weighted by Crippen LogP contribution is -2.47. The third-order valence-electron chi connectivity index (χ3n) is 3.28. The number of likely N-dealkylation sites (N-methyl/N-ethyl adjacent to an activating group) is 1. The van der Waals surface area contributed by atoms with E-state index in [0.29, 0.717) is 6.54 Å². The number of benzene rings is 1. The molecule has 1 amide bonds. The van der Waals surface area contributed by atoms with E-state index in [2.05, 4.69) is 15.7 Å². The van der Waals surface area contributed by atoms with Crippen molar-refractivity contribution in [3.05, 3.63) is 48.3 Å². The lowest BCUT2D eigenvalue weighted by Gasteiger charge is -2.22. The van der Waals surface area contributed by atoms with Crippen molar-refractivity contribution in [1.82, 2.24) is 15.1 Å². The Morgan fingerprint density at radius 2 is 2.15 bits per heavy atom. The number of carbonyl (C=O) groups excluding carboxylic acids is 1. The van der Waals surface area contributed by atoms with Crippen molar-refractivity contribution in [2.24, 2.45) is 0 Å². The molecule has 5 heteroatoms. The number of aromatic nitrogens is 2. The molecule has 2 N–H and O–H groups in total. The van der Waals surface area contributed by atoms with Gasteiger partial charge in [0.15, 0.2) is 0 Å². The zero-order valence-electron chi connectivity index (χ0n) is 12.1. The molecule has 2 aromatic rings. The smallest absolute Gasteiger partial charge is 0.244 e. The Morgan fingerprint density at radius 1 is 1.35 bits per heavy atom. The molecule has 0 aliphatic heterocycles. The lowest BCUT2D eigenvalue weighted by atomic mass is 10.0. The van der Waals surface area contributed by atoms with Gasteiger partial charge in [-0.05, 0) is 44.7 Å². The second-order valence-electron chi connectivity index (χ2n) is 5.23. The van der Waals surface area contributed by atoms with Gasteiger partial charge in [0.05, 0.1) is 12.1 Å². The standard InChI is InChI=1S/C15H20N4O/c1-15(2,16-3)14(20)18-13-7-4-6-12(10-13)11-19-9-5-8-17-19/h4-10,16H,11H2,1-3H3,(H,18,20). The monoisotopic (exact) mass is 272 g/mol. The Bertz CT molecular complexity index is 575. The minimum atomic E-state index is -0.599. The predicted molar refractivity (Wildman–Crippen MR) is 79.5 cm³/mol. The molecule has 0 radical (unpaired) electrons. The molecule has 5 nitrogen and oxygen atoms in total. The number of hydrogen-bond donors (Lipinski definition) is 2. The maximum atomic E-state index is 12.1. The molecule has 20 heavy (non-hydrogen) atoms. The first-order valence-electron chi connectivity index (χ1n) is 6.58. The van der Waals surface area contributed by atoms with Gasteiger partial charge in [-0.25, -0.2) is 0 Å². The zero-order valence-corrected chi connectivity index (χ0v) is 12.1.